The molecular weight excluding hydrogens is 312 g/mol. The van der Waals surface area contributed by atoms with Gasteiger partial charge in [0, 0.05) is 29.6 Å². The molecule has 1 aromatic rings. The molecule has 0 amide bonds. The highest BCUT2D eigenvalue weighted by atomic mass is 35.5. The number of hydrogen-bond donors (Lipinski definition) is 2. The summed E-state index contributed by atoms with van der Waals surface area (Å²) in [6.45, 7) is 6.54. The molecule has 0 aromatic heterocycles. The maximum atomic E-state index is 6.17. The SMILES string of the molecule is CCN1CCCC1CNC(N)=NCc1cc(Cl)cc2c1OCC2. The fourth-order valence-electron chi connectivity index (χ4n) is 3.45. The third-order valence-corrected chi connectivity index (χ3v) is 4.89. The van der Waals surface area contributed by atoms with Crippen molar-refractivity contribution in [2.45, 2.75) is 38.8 Å². The predicted molar refractivity (Wildman–Crippen MR) is 94.2 cm³/mol. The second-order valence-corrected chi connectivity index (χ2v) is 6.60. The van der Waals surface area contributed by atoms with Crippen molar-refractivity contribution >= 4 is 17.6 Å². The standard InChI is InChI=1S/C17H25ClN4O/c1-2-22-6-3-4-15(22)11-21-17(19)20-10-13-9-14(18)8-12-5-7-23-16(12)13/h8-9,15H,2-7,10-11H2,1H3,(H3,19,20,21). The van der Waals surface area contributed by atoms with Gasteiger partial charge in [0.15, 0.2) is 5.96 Å². The summed E-state index contributed by atoms with van der Waals surface area (Å²) in [4.78, 5) is 6.94. The maximum absolute atomic E-state index is 6.17. The van der Waals surface area contributed by atoms with Crippen molar-refractivity contribution in [3.8, 4) is 5.75 Å². The van der Waals surface area contributed by atoms with Crippen molar-refractivity contribution < 1.29 is 4.74 Å². The average Bonchev–Trinajstić information content (AvgIpc) is 3.18. The topological polar surface area (TPSA) is 62.9 Å². The van der Waals surface area contributed by atoms with Gasteiger partial charge in [-0.25, -0.2) is 4.99 Å². The zero-order valence-corrected chi connectivity index (χ0v) is 14.4. The second-order valence-electron chi connectivity index (χ2n) is 6.16. The summed E-state index contributed by atoms with van der Waals surface area (Å²) in [6, 6.07) is 4.45. The van der Waals surface area contributed by atoms with E-state index < -0.39 is 0 Å². The molecule has 2 aliphatic heterocycles. The first kappa shape index (κ1) is 16.4. The van der Waals surface area contributed by atoms with E-state index in [-0.39, 0.29) is 0 Å². The minimum absolute atomic E-state index is 0.486. The Bertz CT molecular complexity index is 590. The van der Waals surface area contributed by atoms with Crippen LogP contribution >= 0.6 is 11.6 Å². The lowest BCUT2D eigenvalue weighted by atomic mass is 10.1. The molecule has 1 unspecified atom stereocenters. The van der Waals surface area contributed by atoms with E-state index in [4.69, 9.17) is 22.1 Å². The molecule has 1 fully saturated rings. The molecule has 3 rings (SSSR count). The number of rotatable bonds is 5. The predicted octanol–water partition coefficient (Wildman–Crippen LogP) is 2.16. The summed E-state index contributed by atoms with van der Waals surface area (Å²) >= 11 is 6.17. The smallest absolute Gasteiger partial charge is 0.188 e. The first-order valence-corrected chi connectivity index (χ1v) is 8.77. The molecule has 126 valence electrons. The van der Waals surface area contributed by atoms with Crippen LogP contribution in [0.15, 0.2) is 17.1 Å². The van der Waals surface area contributed by atoms with Crippen LogP contribution in [0.5, 0.6) is 5.75 Å². The molecule has 2 aliphatic rings. The van der Waals surface area contributed by atoms with Crippen LogP contribution in [0.3, 0.4) is 0 Å². The van der Waals surface area contributed by atoms with E-state index in [1.54, 1.807) is 0 Å². The number of halogens is 1. The molecule has 23 heavy (non-hydrogen) atoms. The Morgan fingerprint density at radius 3 is 3.22 bits per heavy atom. The number of nitrogens with one attached hydrogen (secondary N) is 1. The molecule has 1 saturated heterocycles. The fraction of sp³-hybridized carbons (Fsp3) is 0.588. The molecule has 0 spiro atoms. The van der Waals surface area contributed by atoms with Gasteiger partial charge in [-0.2, -0.15) is 0 Å². The van der Waals surface area contributed by atoms with Gasteiger partial charge in [0.1, 0.15) is 5.75 Å². The molecule has 0 bridgehead atoms. The van der Waals surface area contributed by atoms with Crippen molar-refractivity contribution in [2.75, 3.05) is 26.2 Å². The molecule has 1 aromatic carbocycles. The highest BCUT2D eigenvalue weighted by Crippen LogP contribution is 2.33. The number of guanidine groups is 1. The van der Waals surface area contributed by atoms with Crippen molar-refractivity contribution in [3.05, 3.63) is 28.3 Å². The fourth-order valence-corrected chi connectivity index (χ4v) is 3.72. The number of aliphatic imine (C=N–C) groups is 1. The maximum Gasteiger partial charge on any atom is 0.188 e. The summed E-state index contributed by atoms with van der Waals surface area (Å²) in [7, 11) is 0. The number of benzene rings is 1. The van der Waals surface area contributed by atoms with Crippen molar-refractivity contribution in [1.29, 1.82) is 0 Å². The minimum Gasteiger partial charge on any atom is -0.493 e. The lowest BCUT2D eigenvalue weighted by molar-refractivity contribution is 0.267. The Hall–Kier alpha value is -1.46. The highest BCUT2D eigenvalue weighted by Gasteiger charge is 2.22. The molecule has 1 atom stereocenters. The van der Waals surface area contributed by atoms with E-state index in [1.165, 1.54) is 24.9 Å². The van der Waals surface area contributed by atoms with Gasteiger partial charge in [-0.1, -0.05) is 18.5 Å². The minimum atomic E-state index is 0.486. The van der Waals surface area contributed by atoms with E-state index in [9.17, 15) is 0 Å². The van der Waals surface area contributed by atoms with Crippen molar-refractivity contribution in [2.24, 2.45) is 10.7 Å². The van der Waals surface area contributed by atoms with E-state index in [1.807, 2.05) is 12.1 Å². The van der Waals surface area contributed by atoms with Gasteiger partial charge in [-0.05, 0) is 43.6 Å². The lowest BCUT2D eigenvalue weighted by Crippen LogP contribution is -2.42. The van der Waals surface area contributed by atoms with E-state index in [2.05, 4.69) is 22.1 Å². The first-order valence-electron chi connectivity index (χ1n) is 8.39. The quantitative estimate of drug-likeness (QED) is 0.639. The number of hydrogen-bond acceptors (Lipinski definition) is 3. The number of fused-ring (bicyclic) bond motifs is 1. The van der Waals surface area contributed by atoms with Gasteiger partial charge in [-0.15, -0.1) is 0 Å². The van der Waals surface area contributed by atoms with Crippen LogP contribution in [-0.4, -0.2) is 43.1 Å². The monoisotopic (exact) mass is 336 g/mol. The normalized spacial score (nSPS) is 21.3. The zero-order chi connectivity index (χ0) is 16.2. The third-order valence-electron chi connectivity index (χ3n) is 4.67. The Kier molecular flexibility index (Phi) is 5.28. The summed E-state index contributed by atoms with van der Waals surface area (Å²) in [5, 5.41) is 3.99. The Balaban J connectivity index is 1.57. The number of ether oxygens (including phenoxy) is 1. The molecule has 0 radical (unpaired) electrons. The number of nitrogens with two attached hydrogens (primary N) is 1. The molecule has 0 saturated carbocycles. The number of likely N-dealkylation sites (N-methyl/N-ethyl adjacent to an activating group) is 1. The molecule has 3 N–H and O–H groups in total. The van der Waals surface area contributed by atoms with Gasteiger partial charge in [0.2, 0.25) is 0 Å². The van der Waals surface area contributed by atoms with Crippen LogP contribution in [0.25, 0.3) is 0 Å². The zero-order valence-electron chi connectivity index (χ0n) is 13.6. The first-order chi connectivity index (χ1) is 11.2. The average molecular weight is 337 g/mol. The second kappa shape index (κ2) is 7.41. The van der Waals surface area contributed by atoms with E-state index in [0.717, 1.165) is 35.8 Å². The molecule has 5 nitrogen and oxygen atoms in total. The number of likely N-dealkylation sites (tertiary alicyclic amines) is 1. The van der Waals surface area contributed by atoms with Crippen LogP contribution in [0.2, 0.25) is 5.02 Å². The van der Waals surface area contributed by atoms with E-state index in [0.29, 0.717) is 25.2 Å². The van der Waals surface area contributed by atoms with Crippen molar-refractivity contribution in [1.82, 2.24) is 10.2 Å². The van der Waals surface area contributed by atoms with Gasteiger partial charge < -0.3 is 15.8 Å². The van der Waals surface area contributed by atoms with Crippen LogP contribution in [0.1, 0.15) is 30.9 Å². The Morgan fingerprint density at radius 1 is 1.52 bits per heavy atom. The summed E-state index contributed by atoms with van der Waals surface area (Å²) < 4.78 is 5.69. The number of nitrogens with zero attached hydrogens (tertiary/aromatic N) is 2. The summed E-state index contributed by atoms with van der Waals surface area (Å²) in [5.41, 5.74) is 8.19. The molecule has 0 aliphatic carbocycles. The highest BCUT2D eigenvalue weighted by molar-refractivity contribution is 6.30. The van der Waals surface area contributed by atoms with Gasteiger partial charge in [-0.3, -0.25) is 4.90 Å². The van der Waals surface area contributed by atoms with Crippen LogP contribution < -0.4 is 15.8 Å². The van der Waals surface area contributed by atoms with Crippen molar-refractivity contribution in [3.63, 3.8) is 0 Å². The van der Waals surface area contributed by atoms with Gasteiger partial charge in [0.05, 0.1) is 13.2 Å². The van der Waals surface area contributed by atoms with Gasteiger partial charge in [0.25, 0.3) is 0 Å². The lowest BCUT2D eigenvalue weighted by Gasteiger charge is -2.23. The summed E-state index contributed by atoms with van der Waals surface area (Å²) in [5.74, 6) is 1.42. The van der Waals surface area contributed by atoms with Gasteiger partial charge >= 0.3 is 0 Å². The molecule has 6 heteroatoms. The molecule has 2 heterocycles. The van der Waals surface area contributed by atoms with Crippen LogP contribution in [-0.2, 0) is 13.0 Å². The van der Waals surface area contributed by atoms with Crippen LogP contribution in [0.4, 0.5) is 0 Å². The van der Waals surface area contributed by atoms with E-state index >= 15 is 0 Å². The third kappa shape index (κ3) is 3.90. The molecular formula is C17H25ClN4O. The Labute approximate surface area is 142 Å². The van der Waals surface area contributed by atoms with Crippen LogP contribution in [0, 0.1) is 0 Å². The summed E-state index contributed by atoms with van der Waals surface area (Å²) in [6.07, 6.45) is 3.40. The Morgan fingerprint density at radius 2 is 2.39 bits per heavy atom. The largest absolute Gasteiger partial charge is 0.493 e.